The van der Waals surface area contributed by atoms with Crippen molar-refractivity contribution < 1.29 is 9.53 Å². The lowest BCUT2D eigenvalue weighted by molar-refractivity contribution is -0.143. The van der Waals surface area contributed by atoms with Gasteiger partial charge in [-0.1, -0.05) is 33.6 Å². The third-order valence-electron chi connectivity index (χ3n) is 3.37. The lowest BCUT2D eigenvalue weighted by Crippen LogP contribution is -2.07. The van der Waals surface area contributed by atoms with Gasteiger partial charge in [0.05, 0.1) is 13.0 Å². The maximum atomic E-state index is 11.3. The SMILES string of the molecule is CCCC[C@@H]1[C@@H](C(=O)OC)C1(C)C. The molecule has 1 aliphatic carbocycles. The highest BCUT2D eigenvalue weighted by Crippen LogP contribution is 2.60. The second-order valence-corrected chi connectivity index (χ2v) is 4.57. The van der Waals surface area contributed by atoms with Crippen LogP contribution in [0.4, 0.5) is 0 Å². The number of rotatable bonds is 4. The van der Waals surface area contributed by atoms with Crippen LogP contribution in [0.25, 0.3) is 0 Å². The Morgan fingerprint density at radius 2 is 2.08 bits per heavy atom. The minimum Gasteiger partial charge on any atom is -0.469 e. The molecule has 0 unspecified atom stereocenters. The molecule has 0 aromatic carbocycles. The first-order valence-electron chi connectivity index (χ1n) is 5.13. The van der Waals surface area contributed by atoms with E-state index in [4.69, 9.17) is 4.74 Å². The number of unbranched alkanes of at least 4 members (excludes halogenated alkanes) is 1. The molecule has 0 saturated heterocycles. The summed E-state index contributed by atoms with van der Waals surface area (Å²) in [5, 5.41) is 0. The fourth-order valence-electron chi connectivity index (χ4n) is 2.30. The standard InChI is InChI=1S/C11H20O2/c1-5-6-7-8-9(10(12)13-4)11(8,2)3/h8-9H,5-7H2,1-4H3/t8-,9+/m1/s1. The monoisotopic (exact) mass is 184 g/mol. The summed E-state index contributed by atoms with van der Waals surface area (Å²) < 4.78 is 4.78. The first-order chi connectivity index (χ1) is 6.05. The van der Waals surface area contributed by atoms with Crippen LogP contribution in [0.5, 0.6) is 0 Å². The van der Waals surface area contributed by atoms with Crippen molar-refractivity contribution in [3.05, 3.63) is 0 Å². The Bertz CT molecular complexity index is 196. The van der Waals surface area contributed by atoms with Gasteiger partial charge >= 0.3 is 5.97 Å². The van der Waals surface area contributed by atoms with Gasteiger partial charge in [-0.3, -0.25) is 4.79 Å². The number of esters is 1. The van der Waals surface area contributed by atoms with Gasteiger partial charge < -0.3 is 4.74 Å². The molecule has 2 heteroatoms. The Balaban J connectivity index is 2.46. The van der Waals surface area contributed by atoms with Crippen molar-refractivity contribution in [3.8, 4) is 0 Å². The molecule has 1 rings (SSSR count). The molecule has 0 bridgehead atoms. The molecular formula is C11H20O2. The number of carbonyl (C=O) groups is 1. The molecule has 0 radical (unpaired) electrons. The van der Waals surface area contributed by atoms with E-state index in [-0.39, 0.29) is 17.3 Å². The Hall–Kier alpha value is -0.530. The summed E-state index contributed by atoms with van der Waals surface area (Å²) in [5.74, 6) is 0.690. The Labute approximate surface area is 80.7 Å². The van der Waals surface area contributed by atoms with E-state index in [1.165, 1.54) is 26.4 Å². The van der Waals surface area contributed by atoms with Crippen LogP contribution in [0.2, 0.25) is 0 Å². The zero-order chi connectivity index (χ0) is 10.1. The smallest absolute Gasteiger partial charge is 0.309 e. The second-order valence-electron chi connectivity index (χ2n) is 4.57. The minimum absolute atomic E-state index is 0.0221. The minimum atomic E-state index is -0.0221. The number of hydrogen-bond acceptors (Lipinski definition) is 2. The molecule has 1 aliphatic rings. The summed E-state index contributed by atoms with van der Waals surface area (Å²) in [7, 11) is 1.48. The highest BCUT2D eigenvalue weighted by molar-refractivity contribution is 5.77. The fraction of sp³-hybridized carbons (Fsp3) is 0.909. The molecule has 0 aromatic rings. The van der Waals surface area contributed by atoms with Crippen LogP contribution >= 0.6 is 0 Å². The van der Waals surface area contributed by atoms with E-state index >= 15 is 0 Å². The molecule has 0 aliphatic heterocycles. The number of ether oxygens (including phenoxy) is 1. The number of hydrogen-bond donors (Lipinski definition) is 0. The highest BCUT2D eigenvalue weighted by Gasteiger charge is 2.61. The first kappa shape index (κ1) is 10.6. The molecule has 0 amide bonds. The van der Waals surface area contributed by atoms with E-state index in [0.717, 1.165) is 0 Å². The van der Waals surface area contributed by atoms with Crippen molar-refractivity contribution >= 4 is 5.97 Å². The van der Waals surface area contributed by atoms with Gasteiger partial charge in [0.15, 0.2) is 0 Å². The van der Waals surface area contributed by atoms with E-state index in [2.05, 4.69) is 20.8 Å². The largest absolute Gasteiger partial charge is 0.469 e. The summed E-state index contributed by atoms with van der Waals surface area (Å²) >= 11 is 0. The van der Waals surface area contributed by atoms with E-state index in [1.807, 2.05) is 0 Å². The van der Waals surface area contributed by atoms with Crippen molar-refractivity contribution in [2.45, 2.75) is 40.0 Å². The van der Waals surface area contributed by atoms with Crippen LogP contribution < -0.4 is 0 Å². The predicted octanol–water partition coefficient (Wildman–Crippen LogP) is 2.62. The summed E-state index contributed by atoms with van der Waals surface area (Å²) in [6.45, 7) is 6.51. The van der Waals surface area contributed by atoms with Gasteiger partial charge in [-0.05, 0) is 17.8 Å². The van der Waals surface area contributed by atoms with Crippen molar-refractivity contribution in [3.63, 3.8) is 0 Å². The van der Waals surface area contributed by atoms with Crippen molar-refractivity contribution in [2.75, 3.05) is 7.11 Å². The predicted molar refractivity (Wildman–Crippen MR) is 52.3 cm³/mol. The van der Waals surface area contributed by atoms with Gasteiger partial charge in [-0.15, -0.1) is 0 Å². The lowest BCUT2D eigenvalue weighted by Gasteiger charge is -2.00. The molecule has 76 valence electrons. The maximum Gasteiger partial charge on any atom is 0.309 e. The molecule has 1 saturated carbocycles. The average Bonchev–Trinajstić information content (AvgIpc) is 2.63. The highest BCUT2D eigenvalue weighted by atomic mass is 16.5. The lowest BCUT2D eigenvalue weighted by atomic mass is 10.1. The van der Waals surface area contributed by atoms with E-state index in [9.17, 15) is 4.79 Å². The average molecular weight is 184 g/mol. The fourth-order valence-corrected chi connectivity index (χ4v) is 2.30. The quantitative estimate of drug-likeness (QED) is 0.628. The number of carbonyl (C=O) groups excluding carboxylic acids is 1. The summed E-state index contributed by atoms with van der Waals surface area (Å²) in [6.07, 6.45) is 3.60. The summed E-state index contributed by atoms with van der Waals surface area (Å²) in [4.78, 5) is 11.3. The van der Waals surface area contributed by atoms with Crippen LogP contribution in [0, 0.1) is 17.3 Å². The molecule has 0 N–H and O–H groups in total. The van der Waals surface area contributed by atoms with E-state index < -0.39 is 0 Å². The third-order valence-corrected chi connectivity index (χ3v) is 3.37. The summed E-state index contributed by atoms with van der Waals surface area (Å²) in [5.41, 5.74) is 0.183. The van der Waals surface area contributed by atoms with Crippen LogP contribution in [0.3, 0.4) is 0 Å². The molecule has 13 heavy (non-hydrogen) atoms. The van der Waals surface area contributed by atoms with Crippen molar-refractivity contribution in [1.29, 1.82) is 0 Å². The van der Waals surface area contributed by atoms with Gasteiger partial charge in [0, 0.05) is 0 Å². The van der Waals surface area contributed by atoms with Gasteiger partial charge in [0.2, 0.25) is 0 Å². The van der Waals surface area contributed by atoms with Gasteiger partial charge in [-0.25, -0.2) is 0 Å². The Kier molecular flexibility index (Phi) is 2.99. The molecule has 2 atom stereocenters. The molecule has 1 fully saturated rings. The zero-order valence-corrected chi connectivity index (χ0v) is 9.09. The normalized spacial score (nSPS) is 29.8. The Morgan fingerprint density at radius 3 is 2.54 bits per heavy atom. The van der Waals surface area contributed by atoms with Crippen molar-refractivity contribution in [2.24, 2.45) is 17.3 Å². The molecule has 2 nitrogen and oxygen atoms in total. The van der Waals surface area contributed by atoms with Crippen LogP contribution in [0.15, 0.2) is 0 Å². The van der Waals surface area contributed by atoms with Gasteiger partial charge in [-0.2, -0.15) is 0 Å². The summed E-state index contributed by atoms with van der Waals surface area (Å²) in [6, 6.07) is 0. The maximum absolute atomic E-state index is 11.3. The molecule has 0 aromatic heterocycles. The second kappa shape index (κ2) is 3.69. The van der Waals surface area contributed by atoms with Crippen LogP contribution in [-0.4, -0.2) is 13.1 Å². The molecular weight excluding hydrogens is 164 g/mol. The van der Waals surface area contributed by atoms with Crippen LogP contribution in [-0.2, 0) is 9.53 Å². The molecule has 0 heterocycles. The topological polar surface area (TPSA) is 26.3 Å². The van der Waals surface area contributed by atoms with E-state index in [0.29, 0.717) is 5.92 Å². The Morgan fingerprint density at radius 1 is 1.46 bits per heavy atom. The number of methoxy groups -OCH3 is 1. The van der Waals surface area contributed by atoms with Crippen molar-refractivity contribution in [1.82, 2.24) is 0 Å². The third kappa shape index (κ3) is 1.87. The van der Waals surface area contributed by atoms with E-state index in [1.54, 1.807) is 0 Å². The van der Waals surface area contributed by atoms with Crippen LogP contribution in [0.1, 0.15) is 40.0 Å². The first-order valence-corrected chi connectivity index (χ1v) is 5.13. The zero-order valence-electron chi connectivity index (χ0n) is 9.09. The van der Waals surface area contributed by atoms with Gasteiger partial charge in [0.1, 0.15) is 0 Å². The molecule has 0 spiro atoms. The van der Waals surface area contributed by atoms with Gasteiger partial charge in [0.25, 0.3) is 0 Å².